The molecule has 20 heavy (non-hydrogen) atoms. The third-order valence-corrected chi connectivity index (χ3v) is 2.97. The number of benzene rings is 1. The zero-order valence-electron chi connectivity index (χ0n) is 12.3. The molecule has 0 fully saturated rings. The van der Waals surface area contributed by atoms with Gasteiger partial charge in [0, 0.05) is 12.6 Å². The van der Waals surface area contributed by atoms with Gasteiger partial charge in [-0.15, -0.1) is 0 Å². The highest BCUT2D eigenvalue weighted by Crippen LogP contribution is 2.37. The second-order valence-electron chi connectivity index (χ2n) is 5.20. The second-order valence-corrected chi connectivity index (χ2v) is 5.20. The van der Waals surface area contributed by atoms with Crippen molar-refractivity contribution in [1.29, 1.82) is 0 Å². The summed E-state index contributed by atoms with van der Waals surface area (Å²) in [7, 11) is 0. The van der Waals surface area contributed by atoms with Crippen LogP contribution in [0.15, 0.2) is 18.2 Å². The SMILES string of the molecule is CCC(C)Oc1ccc(CNC(C)C)cc1C(F)(F)F. The Hall–Kier alpha value is -1.23. The maximum Gasteiger partial charge on any atom is 0.419 e. The summed E-state index contributed by atoms with van der Waals surface area (Å²) >= 11 is 0. The minimum Gasteiger partial charge on any atom is -0.490 e. The van der Waals surface area contributed by atoms with E-state index < -0.39 is 11.7 Å². The molecule has 1 atom stereocenters. The Labute approximate surface area is 118 Å². The Morgan fingerprint density at radius 1 is 1.20 bits per heavy atom. The number of hydrogen-bond donors (Lipinski definition) is 1. The highest BCUT2D eigenvalue weighted by atomic mass is 19.4. The van der Waals surface area contributed by atoms with Gasteiger partial charge in [0.25, 0.3) is 0 Å². The molecule has 0 saturated heterocycles. The zero-order valence-corrected chi connectivity index (χ0v) is 12.3. The highest BCUT2D eigenvalue weighted by molar-refractivity contribution is 5.39. The standard InChI is InChI=1S/C15H22F3NO/c1-5-11(4)20-14-7-6-12(9-19-10(2)3)8-13(14)15(16,17)18/h6-8,10-11,19H,5,9H2,1-4H3. The molecular formula is C15H22F3NO. The van der Waals surface area contributed by atoms with Crippen molar-refractivity contribution in [2.24, 2.45) is 0 Å². The summed E-state index contributed by atoms with van der Waals surface area (Å²) in [5.74, 6) is -0.0971. The Kier molecular flexibility index (Phi) is 5.87. The molecule has 0 saturated carbocycles. The molecule has 0 spiro atoms. The lowest BCUT2D eigenvalue weighted by Gasteiger charge is -2.19. The topological polar surface area (TPSA) is 21.3 Å². The van der Waals surface area contributed by atoms with Crippen molar-refractivity contribution < 1.29 is 17.9 Å². The molecule has 0 radical (unpaired) electrons. The maximum absolute atomic E-state index is 13.1. The summed E-state index contributed by atoms with van der Waals surface area (Å²) in [5, 5.41) is 3.10. The molecule has 0 heterocycles. The average Bonchev–Trinajstić information content (AvgIpc) is 2.36. The summed E-state index contributed by atoms with van der Waals surface area (Å²) in [4.78, 5) is 0. The number of halogens is 3. The van der Waals surface area contributed by atoms with E-state index in [2.05, 4.69) is 5.32 Å². The Balaban J connectivity index is 3.01. The van der Waals surface area contributed by atoms with Gasteiger partial charge in [-0.25, -0.2) is 0 Å². The van der Waals surface area contributed by atoms with Gasteiger partial charge in [-0.05, 0) is 31.0 Å². The molecule has 114 valence electrons. The van der Waals surface area contributed by atoms with E-state index in [1.54, 1.807) is 13.0 Å². The van der Waals surface area contributed by atoms with Gasteiger partial charge in [-0.3, -0.25) is 0 Å². The zero-order chi connectivity index (χ0) is 15.3. The largest absolute Gasteiger partial charge is 0.490 e. The predicted molar refractivity (Wildman–Crippen MR) is 73.8 cm³/mol. The number of alkyl halides is 3. The van der Waals surface area contributed by atoms with E-state index in [4.69, 9.17) is 4.74 Å². The minimum absolute atomic E-state index is 0.0971. The van der Waals surface area contributed by atoms with Crippen molar-refractivity contribution in [3.8, 4) is 5.75 Å². The summed E-state index contributed by atoms with van der Waals surface area (Å²) in [6.07, 6.45) is -3.99. The quantitative estimate of drug-likeness (QED) is 0.839. The van der Waals surface area contributed by atoms with E-state index in [1.807, 2.05) is 20.8 Å². The first-order valence-electron chi connectivity index (χ1n) is 6.84. The fourth-order valence-electron chi connectivity index (χ4n) is 1.63. The van der Waals surface area contributed by atoms with Gasteiger partial charge < -0.3 is 10.1 Å². The molecule has 1 unspecified atom stereocenters. The van der Waals surface area contributed by atoms with Crippen LogP contribution < -0.4 is 10.1 Å². The molecular weight excluding hydrogens is 267 g/mol. The molecule has 2 nitrogen and oxygen atoms in total. The van der Waals surface area contributed by atoms with Crippen molar-refractivity contribution in [2.75, 3.05) is 0 Å². The second kappa shape index (κ2) is 6.97. The van der Waals surface area contributed by atoms with Crippen molar-refractivity contribution in [2.45, 2.75) is 59.0 Å². The van der Waals surface area contributed by atoms with E-state index in [1.165, 1.54) is 6.07 Å². The highest BCUT2D eigenvalue weighted by Gasteiger charge is 2.35. The molecule has 1 aromatic rings. The van der Waals surface area contributed by atoms with Crippen LogP contribution in [0.3, 0.4) is 0 Å². The molecule has 0 amide bonds. The van der Waals surface area contributed by atoms with Gasteiger partial charge in [-0.2, -0.15) is 13.2 Å². The van der Waals surface area contributed by atoms with Gasteiger partial charge in [0.1, 0.15) is 5.75 Å². The molecule has 1 N–H and O–H groups in total. The molecule has 0 aliphatic heterocycles. The van der Waals surface area contributed by atoms with E-state index >= 15 is 0 Å². The first-order valence-corrected chi connectivity index (χ1v) is 6.84. The van der Waals surface area contributed by atoms with E-state index in [0.717, 1.165) is 6.07 Å². The summed E-state index contributed by atoms with van der Waals surface area (Å²) in [6, 6.07) is 4.46. The monoisotopic (exact) mass is 289 g/mol. The Bertz CT molecular complexity index is 430. The van der Waals surface area contributed by atoms with Crippen LogP contribution in [0.25, 0.3) is 0 Å². The number of rotatable bonds is 6. The molecule has 5 heteroatoms. The molecule has 0 bridgehead atoms. The van der Waals surface area contributed by atoms with Crippen LogP contribution in [0, 0.1) is 0 Å². The van der Waals surface area contributed by atoms with Crippen LogP contribution in [-0.4, -0.2) is 12.1 Å². The molecule has 1 aromatic carbocycles. The van der Waals surface area contributed by atoms with Gasteiger partial charge in [-0.1, -0.05) is 26.8 Å². The third kappa shape index (κ3) is 5.04. The van der Waals surface area contributed by atoms with Crippen LogP contribution in [0.1, 0.15) is 45.2 Å². The first-order chi connectivity index (χ1) is 9.24. The van der Waals surface area contributed by atoms with Gasteiger partial charge >= 0.3 is 6.18 Å². The summed E-state index contributed by atoms with van der Waals surface area (Å²) in [6.45, 7) is 7.94. The minimum atomic E-state index is -4.41. The van der Waals surface area contributed by atoms with Crippen LogP contribution in [0.4, 0.5) is 13.2 Å². The normalized spacial score (nSPS) is 13.6. The van der Waals surface area contributed by atoms with Crippen LogP contribution in [0.5, 0.6) is 5.75 Å². The Morgan fingerprint density at radius 3 is 2.35 bits per heavy atom. The maximum atomic E-state index is 13.1. The molecule has 1 rings (SSSR count). The molecule has 0 aromatic heterocycles. The van der Waals surface area contributed by atoms with Gasteiger partial charge in [0.15, 0.2) is 0 Å². The van der Waals surface area contributed by atoms with Crippen LogP contribution in [-0.2, 0) is 12.7 Å². The van der Waals surface area contributed by atoms with Crippen molar-refractivity contribution in [1.82, 2.24) is 5.32 Å². The van der Waals surface area contributed by atoms with Crippen molar-refractivity contribution in [3.63, 3.8) is 0 Å². The summed E-state index contributed by atoms with van der Waals surface area (Å²) < 4.78 is 44.6. The van der Waals surface area contributed by atoms with E-state index in [-0.39, 0.29) is 17.9 Å². The molecule has 0 aliphatic carbocycles. The van der Waals surface area contributed by atoms with E-state index in [9.17, 15) is 13.2 Å². The Morgan fingerprint density at radius 2 is 1.85 bits per heavy atom. The molecule has 0 aliphatic rings. The third-order valence-electron chi connectivity index (χ3n) is 2.97. The van der Waals surface area contributed by atoms with Crippen LogP contribution >= 0.6 is 0 Å². The lowest BCUT2D eigenvalue weighted by Crippen LogP contribution is -2.22. The van der Waals surface area contributed by atoms with Crippen molar-refractivity contribution >= 4 is 0 Å². The lowest BCUT2D eigenvalue weighted by atomic mass is 10.1. The van der Waals surface area contributed by atoms with Crippen LogP contribution in [0.2, 0.25) is 0 Å². The first kappa shape index (κ1) is 16.8. The fourth-order valence-corrected chi connectivity index (χ4v) is 1.63. The lowest BCUT2D eigenvalue weighted by molar-refractivity contribution is -0.139. The van der Waals surface area contributed by atoms with Gasteiger partial charge in [0.2, 0.25) is 0 Å². The predicted octanol–water partition coefficient (Wildman–Crippen LogP) is 4.38. The smallest absolute Gasteiger partial charge is 0.419 e. The fraction of sp³-hybridized carbons (Fsp3) is 0.600. The van der Waals surface area contributed by atoms with Crippen molar-refractivity contribution in [3.05, 3.63) is 29.3 Å². The van der Waals surface area contributed by atoms with Gasteiger partial charge in [0.05, 0.1) is 11.7 Å². The van der Waals surface area contributed by atoms with E-state index in [0.29, 0.717) is 18.5 Å². The number of hydrogen-bond acceptors (Lipinski definition) is 2. The number of ether oxygens (including phenoxy) is 1. The summed E-state index contributed by atoms with van der Waals surface area (Å²) in [5.41, 5.74) is -0.108. The average molecular weight is 289 g/mol. The number of nitrogens with one attached hydrogen (secondary N) is 1.